The highest BCUT2D eigenvalue weighted by molar-refractivity contribution is 7.92. The number of anilines is 1. The topological polar surface area (TPSA) is 157 Å². The van der Waals surface area contributed by atoms with Gasteiger partial charge in [0.05, 0.1) is 24.2 Å². The van der Waals surface area contributed by atoms with Crippen LogP contribution in [0.5, 0.6) is 17.2 Å². The summed E-state index contributed by atoms with van der Waals surface area (Å²) >= 11 is 0. The molecule has 0 aromatic heterocycles. The summed E-state index contributed by atoms with van der Waals surface area (Å²) in [6, 6.07) is 23.4. The van der Waals surface area contributed by atoms with Crippen LogP contribution in [0.4, 0.5) is 5.69 Å². The molecule has 0 saturated heterocycles. The van der Waals surface area contributed by atoms with Crippen LogP contribution < -0.4 is 24.2 Å². The van der Waals surface area contributed by atoms with Crippen molar-refractivity contribution in [2.45, 2.75) is 56.4 Å². The summed E-state index contributed by atoms with van der Waals surface area (Å²) in [5.74, 6) is -1.52. The number of aliphatic carboxylic acids is 1. The number of nitrogens with one attached hydrogen (secondary N) is 2. The molecule has 0 aliphatic carbocycles. The first-order valence-electron chi connectivity index (χ1n) is 15.9. The number of unbranched alkanes of at least 4 members (excludes halogenated alkanes) is 4. The zero-order chi connectivity index (χ0) is 35.2. The second-order valence-electron chi connectivity index (χ2n) is 11.2. The second-order valence-corrected chi connectivity index (χ2v) is 12.9. The molecule has 0 saturated carbocycles. The molecule has 4 aromatic carbocycles. The van der Waals surface area contributed by atoms with Gasteiger partial charge in [0, 0.05) is 17.7 Å². The van der Waals surface area contributed by atoms with Crippen molar-refractivity contribution in [3.63, 3.8) is 0 Å². The molecular formula is C37H40N2O9S. The van der Waals surface area contributed by atoms with Crippen LogP contribution in [-0.4, -0.2) is 51.1 Å². The Morgan fingerprint density at radius 2 is 1.47 bits per heavy atom. The Kier molecular flexibility index (Phi) is 13.2. The fourth-order valence-electron chi connectivity index (χ4n) is 4.85. The van der Waals surface area contributed by atoms with Crippen LogP contribution in [0.25, 0.3) is 0 Å². The number of carboxylic acid groups (broad SMARTS) is 1. The molecule has 0 fully saturated rings. The lowest BCUT2D eigenvalue weighted by Gasteiger charge is -2.16. The molecule has 1 unspecified atom stereocenters. The van der Waals surface area contributed by atoms with Gasteiger partial charge in [0.25, 0.3) is 15.9 Å². The fraction of sp³-hybridized carbons (Fsp3) is 0.270. The van der Waals surface area contributed by atoms with Crippen LogP contribution in [0.15, 0.2) is 102 Å². The van der Waals surface area contributed by atoms with Gasteiger partial charge in [-0.2, -0.15) is 0 Å². The molecule has 0 bridgehead atoms. The molecule has 258 valence electrons. The highest BCUT2D eigenvalue weighted by atomic mass is 32.2. The van der Waals surface area contributed by atoms with Gasteiger partial charge in [0.15, 0.2) is 11.5 Å². The van der Waals surface area contributed by atoms with E-state index in [0.29, 0.717) is 23.5 Å². The summed E-state index contributed by atoms with van der Waals surface area (Å²) < 4.78 is 44.3. The Hall–Kier alpha value is -5.36. The Morgan fingerprint density at radius 3 is 2.12 bits per heavy atom. The average Bonchev–Trinajstić information content (AvgIpc) is 3.10. The highest BCUT2D eigenvalue weighted by Crippen LogP contribution is 2.30. The van der Waals surface area contributed by atoms with Crippen molar-refractivity contribution in [3.05, 3.63) is 114 Å². The number of carbonyl (C=O) groups excluding carboxylic acids is 2. The molecule has 12 heteroatoms. The summed E-state index contributed by atoms with van der Waals surface area (Å²) in [5, 5.41) is 12.3. The monoisotopic (exact) mass is 688 g/mol. The fourth-order valence-corrected chi connectivity index (χ4v) is 5.93. The van der Waals surface area contributed by atoms with Crippen LogP contribution >= 0.6 is 0 Å². The van der Waals surface area contributed by atoms with Gasteiger partial charge < -0.3 is 24.6 Å². The third-order valence-electron chi connectivity index (χ3n) is 7.53. The van der Waals surface area contributed by atoms with Crippen molar-refractivity contribution in [2.24, 2.45) is 0 Å². The molecule has 49 heavy (non-hydrogen) atoms. The molecule has 1 amide bonds. The number of esters is 1. The molecule has 1 atom stereocenters. The van der Waals surface area contributed by atoms with E-state index in [1.165, 1.54) is 74.9 Å². The van der Waals surface area contributed by atoms with E-state index in [2.05, 4.69) is 17.0 Å². The van der Waals surface area contributed by atoms with Crippen molar-refractivity contribution in [1.29, 1.82) is 0 Å². The normalized spacial score (nSPS) is 11.6. The van der Waals surface area contributed by atoms with Gasteiger partial charge >= 0.3 is 11.9 Å². The SMILES string of the molecule is CCCCCCCOc1ccc(C(=O)Oc2ccc(CC(NC(=O)c3ccc(NS(=O)(=O)c4ccccc4)cc3)C(=O)O)cc2OC)cc1. The van der Waals surface area contributed by atoms with Crippen molar-refractivity contribution in [2.75, 3.05) is 18.4 Å². The predicted octanol–water partition coefficient (Wildman–Crippen LogP) is 6.49. The largest absolute Gasteiger partial charge is 0.494 e. The molecule has 0 spiro atoms. The average molecular weight is 689 g/mol. The van der Waals surface area contributed by atoms with Crippen molar-refractivity contribution in [3.8, 4) is 17.2 Å². The zero-order valence-corrected chi connectivity index (χ0v) is 28.2. The molecular weight excluding hydrogens is 648 g/mol. The number of ether oxygens (including phenoxy) is 3. The zero-order valence-electron chi connectivity index (χ0n) is 27.4. The van der Waals surface area contributed by atoms with Crippen LogP contribution in [0.1, 0.15) is 65.3 Å². The molecule has 0 aliphatic rings. The van der Waals surface area contributed by atoms with E-state index in [1.807, 2.05) is 0 Å². The number of carboxylic acids is 1. The summed E-state index contributed by atoms with van der Waals surface area (Å²) in [6.07, 6.45) is 5.58. The minimum atomic E-state index is -3.82. The van der Waals surface area contributed by atoms with Gasteiger partial charge in [-0.1, -0.05) is 56.9 Å². The van der Waals surface area contributed by atoms with E-state index < -0.39 is 33.9 Å². The first-order chi connectivity index (χ1) is 23.6. The predicted molar refractivity (Wildman–Crippen MR) is 185 cm³/mol. The van der Waals surface area contributed by atoms with Crippen LogP contribution in [0.2, 0.25) is 0 Å². The van der Waals surface area contributed by atoms with Gasteiger partial charge in [-0.25, -0.2) is 18.0 Å². The van der Waals surface area contributed by atoms with E-state index in [0.717, 1.165) is 12.8 Å². The van der Waals surface area contributed by atoms with Crippen LogP contribution in [-0.2, 0) is 21.2 Å². The molecule has 4 rings (SSSR count). The number of carbonyl (C=O) groups is 3. The molecule has 0 radical (unpaired) electrons. The number of benzene rings is 4. The maximum absolute atomic E-state index is 12.9. The van der Waals surface area contributed by atoms with Gasteiger partial charge in [-0.05, 0) is 84.8 Å². The minimum Gasteiger partial charge on any atom is -0.494 e. The first kappa shape index (κ1) is 36.5. The van der Waals surface area contributed by atoms with E-state index in [9.17, 15) is 27.9 Å². The Morgan fingerprint density at radius 1 is 0.796 bits per heavy atom. The summed E-state index contributed by atoms with van der Waals surface area (Å²) in [6.45, 7) is 2.78. The van der Waals surface area contributed by atoms with Crippen molar-refractivity contribution < 1.29 is 42.1 Å². The summed E-state index contributed by atoms with van der Waals surface area (Å²) in [7, 11) is -2.43. The minimum absolute atomic E-state index is 0.0862. The molecule has 3 N–H and O–H groups in total. The van der Waals surface area contributed by atoms with E-state index in [1.54, 1.807) is 48.5 Å². The number of sulfonamides is 1. The van der Waals surface area contributed by atoms with E-state index >= 15 is 0 Å². The molecule has 0 heterocycles. The second kappa shape index (κ2) is 17.7. The Balaban J connectivity index is 1.33. The third kappa shape index (κ3) is 10.8. The number of hydrogen-bond donors (Lipinski definition) is 3. The number of amides is 1. The molecule has 0 aliphatic heterocycles. The lowest BCUT2D eigenvalue weighted by molar-refractivity contribution is -0.139. The third-order valence-corrected chi connectivity index (χ3v) is 8.93. The maximum Gasteiger partial charge on any atom is 0.343 e. The Labute approximate surface area is 286 Å². The number of rotatable bonds is 18. The van der Waals surface area contributed by atoms with Crippen LogP contribution in [0, 0.1) is 0 Å². The Bertz CT molecular complexity index is 1810. The number of methoxy groups -OCH3 is 1. The van der Waals surface area contributed by atoms with Crippen molar-refractivity contribution >= 4 is 33.6 Å². The van der Waals surface area contributed by atoms with Gasteiger partial charge in [0.1, 0.15) is 11.8 Å². The summed E-state index contributed by atoms with van der Waals surface area (Å²) in [4.78, 5) is 37.9. The summed E-state index contributed by atoms with van der Waals surface area (Å²) in [5.41, 5.74) is 1.19. The lowest BCUT2D eigenvalue weighted by Crippen LogP contribution is -2.42. The van der Waals surface area contributed by atoms with Gasteiger partial charge in [0.2, 0.25) is 0 Å². The highest BCUT2D eigenvalue weighted by Gasteiger charge is 2.23. The lowest BCUT2D eigenvalue weighted by atomic mass is 10.0. The number of hydrogen-bond acceptors (Lipinski definition) is 8. The maximum atomic E-state index is 12.9. The first-order valence-corrected chi connectivity index (χ1v) is 17.4. The van der Waals surface area contributed by atoms with E-state index in [4.69, 9.17) is 14.2 Å². The molecule has 4 aromatic rings. The van der Waals surface area contributed by atoms with Gasteiger partial charge in [-0.15, -0.1) is 0 Å². The van der Waals surface area contributed by atoms with Crippen LogP contribution in [0.3, 0.4) is 0 Å². The molecule has 11 nitrogen and oxygen atoms in total. The van der Waals surface area contributed by atoms with Gasteiger partial charge in [-0.3, -0.25) is 9.52 Å². The van der Waals surface area contributed by atoms with E-state index in [-0.39, 0.29) is 34.1 Å². The van der Waals surface area contributed by atoms with Crippen molar-refractivity contribution in [1.82, 2.24) is 5.32 Å². The smallest absolute Gasteiger partial charge is 0.343 e. The standard InChI is InChI=1S/C37H40N2O9S/c1-3-4-5-6-10-23-47-30-20-16-28(17-21-30)37(43)48-33-22-13-26(25-34(33)46-2)24-32(36(41)42)38-35(40)27-14-18-29(19-15-27)39-49(44,45)31-11-8-7-9-12-31/h7-9,11-22,25,32,39H,3-6,10,23-24H2,1-2H3,(H,38,40)(H,41,42). The quantitative estimate of drug-likeness (QED) is 0.0604.